The molecule has 0 heterocycles. The third-order valence-corrected chi connectivity index (χ3v) is 3.73. The number of ether oxygens (including phenoxy) is 1. The van der Waals surface area contributed by atoms with Gasteiger partial charge < -0.3 is 10.5 Å². The van der Waals surface area contributed by atoms with E-state index in [2.05, 4.69) is 9.46 Å². The molecule has 8 heteroatoms. The number of rotatable bonds is 8. The second-order valence-corrected chi connectivity index (χ2v) is 5.92. The third kappa shape index (κ3) is 8.06. The first-order valence-electron chi connectivity index (χ1n) is 5.20. The first-order valence-corrected chi connectivity index (χ1v) is 7.26. The SMILES string of the molecule is CCOC(=O)CCS(=O)(=O)NCC(C)C(N)=S. The fourth-order valence-electron chi connectivity index (χ4n) is 0.876. The molecule has 0 aliphatic rings. The number of carbonyl (C=O) groups is 1. The first-order chi connectivity index (χ1) is 7.78. The zero-order valence-electron chi connectivity index (χ0n) is 9.93. The number of hydrogen-bond donors (Lipinski definition) is 2. The molecule has 1 atom stereocenters. The second kappa shape index (κ2) is 7.57. The minimum atomic E-state index is -3.49. The Morgan fingerprint density at radius 2 is 2.12 bits per heavy atom. The fraction of sp³-hybridized carbons (Fsp3) is 0.778. The van der Waals surface area contributed by atoms with Crippen molar-refractivity contribution in [2.45, 2.75) is 20.3 Å². The summed E-state index contributed by atoms with van der Waals surface area (Å²) in [4.78, 5) is 11.2. The average molecular weight is 282 g/mol. The van der Waals surface area contributed by atoms with E-state index in [-0.39, 0.29) is 36.2 Å². The van der Waals surface area contributed by atoms with Gasteiger partial charge in [0.05, 0.1) is 23.8 Å². The summed E-state index contributed by atoms with van der Waals surface area (Å²) in [7, 11) is -3.49. The molecule has 1 unspecified atom stereocenters. The lowest BCUT2D eigenvalue weighted by atomic mass is 10.2. The molecule has 3 N–H and O–H groups in total. The largest absolute Gasteiger partial charge is 0.466 e. The van der Waals surface area contributed by atoms with E-state index in [1.807, 2.05) is 0 Å². The predicted octanol–water partition coefficient (Wildman–Crippen LogP) is -0.219. The fourth-order valence-corrected chi connectivity index (χ4v) is 2.04. The molecule has 0 aromatic heterocycles. The Kier molecular flexibility index (Phi) is 7.24. The molecule has 17 heavy (non-hydrogen) atoms. The number of hydrogen-bond acceptors (Lipinski definition) is 5. The zero-order valence-corrected chi connectivity index (χ0v) is 11.6. The highest BCUT2D eigenvalue weighted by atomic mass is 32.2. The molecule has 0 saturated heterocycles. The van der Waals surface area contributed by atoms with Gasteiger partial charge in [-0.2, -0.15) is 0 Å². The van der Waals surface area contributed by atoms with Crippen LogP contribution < -0.4 is 10.5 Å². The summed E-state index contributed by atoms with van der Waals surface area (Å²) in [6, 6.07) is 0. The van der Waals surface area contributed by atoms with E-state index in [4.69, 9.17) is 18.0 Å². The molecule has 0 amide bonds. The molecular weight excluding hydrogens is 264 g/mol. The van der Waals surface area contributed by atoms with E-state index in [1.165, 1.54) is 0 Å². The van der Waals surface area contributed by atoms with Gasteiger partial charge in [-0.1, -0.05) is 19.1 Å². The van der Waals surface area contributed by atoms with Crippen LogP contribution in [0.3, 0.4) is 0 Å². The molecule has 100 valence electrons. The second-order valence-electron chi connectivity index (χ2n) is 3.53. The van der Waals surface area contributed by atoms with Crippen molar-refractivity contribution in [2.24, 2.45) is 11.7 Å². The lowest BCUT2D eigenvalue weighted by Crippen LogP contribution is -2.35. The van der Waals surface area contributed by atoms with E-state index in [9.17, 15) is 13.2 Å². The van der Waals surface area contributed by atoms with Crippen molar-refractivity contribution in [1.29, 1.82) is 0 Å². The summed E-state index contributed by atoms with van der Waals surface area (Å²) in [6.45, 7) is 3.76. The molecule has 6 nitrogen and oxygen atoms in total. The van der Waals surface area contributed by atoms with Gasteiger partial charge in [0.15, 0.2) is 0 Å². The Balaban J connectivity index is 4.05. The summed E-state index contributed by atoms with van der Waals surface area (Å²) >= 11 is 4.72. The van der Waals surface area contributed by atoms with Crippen molar-refractivity contribution in [1.82, 2.24) is 4.72 Å². The number of nitrogens with two attached hydrogens (primary N) is 1. The van der Waals surface area contributed by atoms with Crippen molar-refractivity contribution >= 4 is 33.2 Å². The van der Waals surface area contributed by atoms with Gasteiger partial charge in [0, 0.05) is 12.5 Å². The van der Waals surface area contributed by atoms with Gasteiger partial charge in [0.2, 0.25) is 10.0 Å². The Morgan fingerprint density at radius 1 is 1.53 bits per heavy atom. The summed E-state index contributed by atoms with van der Waals surface area (Å²) in [5.41, 5.74) is 5.35. The number of carbonyl (C=O) groups excluding carboxylic acids is 1. The lowest BCUT2D eigenvalue weighted by molar-refractivity contribution is -0.142. The van der Waals surface area contributed by atoms with Crippen LogP contribution in [0, 0.1) is 5.92 Å². The van der Waals surface area contributed by atoms with E-state index < -0.39 is 16.0 Å². The average Bonchev–Trinajstić information content (AvgIpc) is 2.24. The van der Waals surface area contributed by atoms with Crippen LogP contribution in [0.15, 0.2) is 0 Å². The number of thiocarbonyl (C=S) groups is 1. The number of sulfonamides is 1. The predicted molar refractivity (Wildman–Crippen MR) is 69.0 cm³/mol. The zero-order chi connectivity index (χ0) is 13.5. The third-order valence-electron chi connectivity index (χ3n) is 1.98. The first kappa shape index (κ1) is 16.3. The van der Waals surface area contributed by atoms with Gasteiger partial charge in [-0.05, 0) is 6.92 Å². The van der Waals surface area contributed by atoms with Crippen LogP contribution in [-0.4, -0.2) is 38.3 Å². The Labute approximate surface area is 107 Å². The van der Waals surface area contributed by atoms with E-state index in [0.717, 1.165) is 0 Å². The quantitative estimate of drug-likeness (QED) is 0.472. The maximum atomic E-state index is 11.5. The summed E-state index contributed by atoms with van der Waals surface area (Å²) < 4.78 is 29.9. The molecule has 0 aromatic rings. The van der Waals surface area contributed by atoms with Gasteiger partial charge in [-0.15, -0.1) is 0 Å². The van der Waals surface area contributed by atoms with Crippen molar-refractivity contribution < 1.29 is 17.9 Å². The molecule has 0 rings (SSSR count). The minimum Gasteiger partial charge on any atom is -0.466 e. The summed E-state index contributed by atoms with van der Waals surface area (Å²) in [5, 5.41) is 0. The van der Waals surface area contributed by atoms with E-state index in [1.54, 1.807) is 13.8 Å². The molecular formula is C9H18N2O4S2. The van der Waals surface area contributed by atoms with Gasteiger partial charge in [-0.3, -0.25) is 4.79 Å². The standard InChI is InChI=1S/C9H18N2O4S2/c1-3-15-8(12)4-5-17(13,14)11-6-7(2)9(10)16/h7,11H,3-6H2,1-2H3,(H2,10,16). The molecule has 0 saturated carbocycles. The van der Waals surface area contributed by atoms with Crippen molar-refractivity contribution in [3.8, 4) is 0 Å². The molecule has 0 aromatic carbocycles. The highest BCUT2D eigenvalue weighted by molar-refractivity contribution is 7.89. The highest BCUT2D eigenvalue weighted by Gasteiger charge is 2.15. The summed E-state index contributed by atoms with van der Waals surface area (Å²) in [6.07, 6.45) is -0.162. The van der Waals surface area contributed by atoms with Crippen LogP contribution in [0.25, 0.3) is 0 Å². The van der Waals surface area contributed by atoms with Crippen LogP contribution in [0.5, 0.6) is 0 Å². The van der Waals surface area contributed by atoms with Crippen molar-refractivity contribution in [2.75, 3.05) is 18.9 Å². The van der Waals surface area contributed by atoms with Crippen LogP contribution >= 0.6 is 12.2 Å². The highest BCUT2D eigenvalue weighted by Crippen LogP contribution is 1.97. The minimum absolute atomic E-state index is 0.139. The molecule has 0 radical (unpaired) electrons. The van der Waals surface area contributed by atoms with Crippen LogP contribution in [0.1, 0.15) is 20.3 Å². The normalized spacial score (nSPS) is 13.1. The van der Waals surface area contributed by atoms with Crippen LogP contribution in [0.2, 0.25) is 0 Å². The van der Waals surface area contributed by atoms with Crippen molar-refractivity contribution in [3.05, 3.63) is 0 Å². The molecule has 0 aliphatic heterocycles. The van der Waals surface area contributed by atoms with Crippen LogP contribution in [0.4, 0.5) is 0 Å². The summed E-state index contributed by atoms with van der Waals surface area (Å²) in [5.74, 6) is -1.04. The Morgan fingerprint density at radius 3 is 2.59 bits per heavy atom. The molecule has 0 spiro atoms. The molecule has 0 bridgehead atoms. The van der Waals surface area contributed by atoms with Gasteiger partial charge >= 0.3 is 5.97 Å². The Hall–Kier alpha value is -0.730. The van der Waals surface area contributed by atoms with Gasteiger partial charge in [0.25, 0.3) is 0 Å². The topological polar surface area (TPSA) is 98.5 Å². The maximum absolute atomic E-state index is 11.5. The molecule has 0 fully saturated rings. The van der Waals surface area contributed by atoms with E-state index >= 15 is 0 Å². The molecule has 0 aliphatic carbocycles. The van der Waals surface area contributed by atoms with E-state index in [0.29, 0.717) is 0 Å². The lowest BCUT2D eigenvalue weighted by Gasteiger charge is -2.11. The van der Waals surface area contributed by atoms with Crippen LogP contribution in [-0.2, 0) is 19.6 Å². The number of nitrogens with one attached hydrogen (secondary N) is 1. The smallest absolute Gasteiger partial charge is 0.306 e. The maximum Gasteiger partial charge on any atom is 0.306 e. The van der Waals surface area contributed by atoms with Crippen molar-refractivity contribution in [3.63, 3.8) is 0 Å². The monoisotopic (exact) mass is 282 g/mol. The number of esters is 1. The van der Waals surface area contributed by atoms with Gasteiger partial charge in [-0.25, -0.2) is 13.1 Å². The van der Waals surface area contributed by atoms with Gasteiger partial charge in [0.1, 0.15) is 0 Å². The Bertz CT molecular complexity index is 367.